The fraction of sp³-hybridized carbons (Fsp3) is 0.276. The number of ketones is 1. The van der Waals surface area contributed by atoms with Crippen molar-refractivity contribution in [2.45, 2.75) is 38.5 Å². The van der Waals surface area contributed by atoms with Crippen LogP contribution in [0.4, 0.5) is 0 Å². The average Bonchev–Trinajstić information content (AvgIpc) is 3.52. The van der Waals surface area contributed by atoms with Crippen molar-refractivity contribution in [3.05, 3.63) is 76.9 Å². The van der Waals surface area contributed by atoms with Gasteiger partial charge in [-0.2, -0.15) is 0 Å². The Hall–Kier alpha value is -4.77. The Kier molecular flexibility index (Phi) is 8.75. The predicted molar refractivity (Wildman–Crippen MR) is 145 cm³/mol. The molecule has 0 radical (unpaired) electrons. The van der Waals surface area contributed by atoms with E-state index < -0.39 is 41.7 Å². The van der Waals surface area contributed by atoms with E-state index in [1.807, 2.05) is 6.07 Å². The van der Waals surface area contributed by atoms with Gasteiger partial charge in [0.2, 0.25) is 24.5 Å². The minimum atomic E-state index is -1.17. The molecule has 0 saturated carbocycles. The third kappa shape index (κ3) is 6.44. The van der Waals surface area contributed by atoms with Crippen LogP contribution in [0.2, 0.25) is 0 Å². The standard InChI is InChI=1S/C29H31N3O8/c1-16-25(29(37)32-28(16)36)27(35)26(17(2)38-3)31-24(34)14-20(19-7-5-4-6-8-19)30-23(33)12-10-18-9-11-21-22(13-18)40-15-39-21/h4-13,17,20,26,32,36-37H,14-15H2,1-3H3,(H,30,33)(H,31,34)/t17?,20-,26?/m0/s1. The van der Waals surface area contributed by atoms with Crippen LogP contribution in [0.1, 0.15) is 46.4 Å². The number of carbonyl (C=O) groups is 3. The summed E-state index contributed by atoms with van der Waals surface area (Å²) in [6.07, 6.45) is 2.03. The van der Waals surface area contributed by atoms with Crippen molar-refractivity contribution in [2.75, 3.05) is 13.9 Å². The molecular formula is C29H31N3O8. The number of Topliss-reactive ketones (excluding diaryl/α,β-unsaturated/α-hetero) is 1. The topological polar surface area (TPSA) is 159 Å². The van der Waals surface area contributed by atoms with Crippen molar-refractivity contribution in [3.8, 4) is 23.3 Å². The molecule has 5 N–H and O–H groups in total. The number of hydrogen-bond acceptors (Lipinski definition) is 8. The van der Waals surface area contributed by atoms with E-state index in [2.05, 4.69) is 15.6 Å². The van der Waals surface area contributed by atoms with Crippen molar-refractivity contribution < 1.29 is 38.8 Å². The Labute approximate surface area is 230 Å². The Balaban J connectivity index is 1.48. The van der Waals surface area contributed by atoms with E-state index in [4.69, 9.17) is 14.2 Å². The van der Waals surface area contributed by atoms with E-state index in [0.717, 1.165) is 5.56 Å². The van der Waals surface area contributed by atoms with Crippen molar-refractivity contribution in [1.29, 1.82) is 0 Å². The van der Waals surface area contributed by atoms with Crippen LogP contribution in [0.3, 0.4) is 0 Å². The summed E-state index contributed by atoms with van der Waals surface area (Å²) < 4.78 is 16.0. The minimum Gasteiger partial charge on any atom is -0.494 e. The zero-order valence-electron chi connectivity index (χ0n) is 22.3. The van der Waals surface area contributed by atoms with Gasteiger partial charge in [0.05, 0.1) is 24.1 Å². The first-order valence-corrected chi connectivity index (χ1v) is 12.6. The molecule has 1 aliphatic rings. The lowest BCUT2D eigenvalue weighted by atomic mass is 9.98. The normalized spacial score (nSPS) is 14.5. The van der Waals surface area contributed by atoms with Crippen LogP contribution in [0.25, 0.3) is 6.08 Å². The molecule has 2 unspecified atom stereocenters. The number of aromatic amines is 1. The first kappa shape index (κ1) is 28.2. The number of rotatable bonds is 11. The van der Waals surface area contributed by atoms with Crippen LogP contribution in [-0.4, -0.2) is 58.8 Å². The zero-order chi connectivity index (χ0) is 28.8. The van der Waals surface area contributed by atoms with Crippen LogP contribution in [0.5, 0.6) is 23.3 Å². The second kappa shape index (κ2) is 12.4. The highest BCUT2D eigenvalue weighted by Gasteiger charge is 2.33. The Morgan fingerprint density at radius 1 is 1.05 bits per heavy atom. The van der Waals surface area contributed by atoms with E-state index in [-0.39, 0.29) is 30.2 Å². The predicted octanol–water partition coefficient (Wildman–Crippen LogP) is 3.13. The molecule has 2 heterocycles. The fourth-order valence-electron chi connectivity index (χ4n) is 4.32. The van der Waals surface area contributed by atoms with Crippen molar-refractivity contribution in [3.63, 3.8) is 0 Å². The lowest BCUT2D eigenvalue weighted by Crippen LogP contribution is -2.49. The van der Waals surface area contributed by atoms with Crippen molar-refractivity contribution in [2.24, 2.45) is 0 Å². The van der Waals surface area contributed by atoms with Gasteiger partial charge in [-0.15, -0.1) is 0 Å². The molecule has 11 heteroatoms. The number of H-pyrrole nitrogens is 1. The molecule has 1 aromatic heterocycles. The van der Waals surface area contributed by atoms with Crippen LogP contribution < -0.4 is 20.1 Å². The first-order chi connectivity index (χ1) is 19.2. The number of aromatic nitrogens is 1. The molecule has 0 saturated heterocycles. The summed E-state index contributed by atoms with van der Waals surface area (Å²) in [4.78, 5) is 41.6. The van der Waals surface area contributed by atoms with E-state index in [1.54, 1.807) is 55.5 Å². The SMILES string of the molecule is COC(C)C(NC(=O)C[C@H](NC(=O)C=Cc1ccc2c(c1)OCO2)c1ccccc1)C(=O)c1c(O)[nH]c(O)c1C. The number of aromatic hydroxyl groups is 2. The van der Waals surface area contributed by atoms with Crippen LogP contribution in [0, 0.1) is 6.92 Å². The fourth-order valence-corrected chi connectivity index (χ4v) is 4.32. The quantitative estimate of drug-likeness (QED) is 0.180. The molecule has 2 aromatic carbocycles. The van der Waals surface area contributed by atoms with Gasteiger partial charge in [-0.25, -0.2) is 0 Å². The monoisotopic (exact) mass is 549 g/mol. The number of benzene rings is 2. The highest BCUT2D eigenvalue weighted by atomic mass is 16.7. The molecule has 3 atom stereocenters. The highest BCUT2D eigenvalue weighted by molar-refractivity contribution is 6.05. The molecule has 0 aliphatic carbocycles. The van der Waals surface area contributed by atoms with Crippen molar-refractivity contribution >= 4 is 23.7 Å². The lowest BCUT2D eigenvalue weighted by Gasteiger charge is -2.25. The summed E-state index contributed by atoms with van der Waals surface area (Å²) in [6, 6.07) is 12.4. The number of amides is 2. The van der Waals surface area contributed by atoms with Crippen molar-refractivity contribution in [1.82, 2.24) is 15.6 Å². The Morgan fingerprint density at radius 2 is 1.77 bits per heavy atom. The number of methoxy groups -OCH3 is 1. The second-order valence-corrected chi connectivity index (χ2v) is 9.29. The van der Waals surface area contributed by atoms with Gasteiger partial charge in [-0.1, -0.05) is 36.4 Å². The van der Waals surface area contributed by atoms with E-state index in [9.17, 15) is 24.6 Å². The van der Waals surface area contributed by atoms with Gasteiger partial charge in [0.1, 0.15) is 6.04 Å². The van der Waals surface area contributed by atoms with E-state index in [0.29, 0.717) is 17.1 Å². The Morgan fingerprint density at radius 3 is 2.45 bits per heavy atom. The smallest absolute Gasteiger partial charge is 0.244 e. The summed E-state index contributed by atoms with van der Waals surface area (Å²) in [6.45, 7) is 3.21. The third-order valence-corrected chi connectivity index (χ3v) is 6.62. The molecule has 0 spiro atoms. The number of hydrogen-bond donors (Lipinski definition) is 5. The van der Waals surface area contributed by atoms with E-state index >= 15 is 0 Å². The molecule has 2 amide bonds. The highest BCUT2D eigenvalue weighted by Crippen LogP contribution is 2.33. The molecule has 4 rings (SSSR count). The summed E-state index contributed by atoms with van der Waals surface area (Å²) >= 11 is 0. The maximum Gasteiger partial charge on any atom is 0.244 e. The molecule has 0 fully saturated rings. The summed E-state index contributed by atoms with van der Waals surface area (Å²) in [5.74, 6) is -1.23. The van der Waals surface area contributed by atoms with Gasteiger partial charge in [0, 0.05) is 18.7 Å². The number of nitrogens with one attached hydrogen (secondary N) is 3. The summed E-state index contributed by atoms with van der Waals surface area (Å²) in [7, 11) is 1.39. The molecule has 1 aliphatic heterocycles. The largest absolute Gasteiger partial charge is 0.494 e. The molecule has 210 valence electrons. The van der Waals surface area contributed by atoms with Crippen LogP contribution in [-0.2, 0) is 14.3 Å². The first-order valence-electron chi connectivity index (χ1n) is 12.6. The third-order valence-electron chi connectivity index (χ3n) is 6.62. The van der Waals surface area contributed by atoms with Crippen LogP contribution >= 0.6 is 0 Å². The number of fused-ring (bicyclic) bond motifs is 1. The summed E-state index contributed by atoms with van der Waals surface area (Å²) in [5, 5.41) is 25.5. The van der Waals surface area contributed by atoms with Crippen LogP contribution in [0.15, 0.2) is 54.6 Å². The van der Waals surface area contributed by atoms with E-state index in [1.165, 1.54) is 20.1 Å². The maximum absolute atomic E-state index is 13.3. The molecule has 11 nitrogen and oxygen atoms in total. The number of carbonyl (C=O) groups excluding carboxylic acids is 3. The molecule has 3 aromatic rings. The van der Waals surface area contributed by atoms with Gasteiger partial charge < -0.3 is 35.1 Å². The van der Waals surface area contributed by atoms with Gasteiger partial charge >= 0.3 is 0 Å². The molecule has 0 bridgehead atoms. The average molecular weight is 550 g/mol. The van der Waals surface area contributed by atoms with Gasteiger partial charge in [0.15, 0.2) is 23.2 Å². The minimum absolute atomic E-state index is 0.145. The molecule has 40 heavy (non-hydrogen) atoms. The van der Waals surface area contributed by atoms with Gasteiger partial charge in [-0.05, 0) is 43.2 Å². The van der Waals surface area contributed by atoms with Gasteiger partial charge in [-0.3, -0.25) is 19.4 Å². The molecular weight excluding hydrogens is 518 g/mol. The summed E-state index contributed by atoms with van der Waals surface area (Å²) in [5.41, 5.74) is 1.42. The lowest BCUT2D eigenvalue weighted by molar-refractivity contribution is -0.123. The second-order valence-electron chi connectivity index (χ2n) is 9.29. The number of ether oxygens (including phenoxy) is 3. The Bertz CT molecular complexity index is 1420. The van der Waals surface area contributed by atoms with Gasteiger partial charge in [0.25, 0.3) is 0 Å². The maximum atomic E-state index is 13.3. The zero-order valence-corrected chi connectivity index (χ0v) is 22.3.